The van der Waals surface area contributed by atoms with Gasteiger partial charge in [0.1, 0.15) is 5.75 Å². The average Bonchev–Trinajstić information content (AvgIpc) is 3.47. The normalized spacial score (nSPS) is 26.0. The number of imide groups is 1. The van der Waals surface area contributed by atoms with Crippen molar-refractivity contribution >= 4 is 41.7 Å². The van der Waals surface area contributed by atoms with E-state index < -0.39 is 5.97 Å². The Hall–Kier alpha value is -3.51. The number of carbonyl (C=O) groups excluding carboxylic acids is 3. The van der Waals surface area contributed by atoms with E-state index >= 15 is 0 Å². The van der Waals surface area contributed by atoms with Gasteiger partial charge in [-0.25, -0.2) is 4.79 Å². The minimum atomic E-state index is -0.573. The Morgan fingerprint density at radius 3 is 2.41 bits per heavy atom. The number of hydrazone groups is 1. The minimum Gasteiger partial charge on any atom is -0.423 e. The second-order valence-electron chi connectivity index (χ2n) is 8.08. The zero-order chi connectivity index (χ0) is 22.2. The summed E-state index contributed by atoms with van der Waals surface area (Å²) in [6.45, 7) is 0. The summed E-state index contributed by atoms with van der Waals surface area (Å²) in [6.07, 6.45) is 9.22. The van der Waals surface area contributed by atoms with Gasteiger partial charge in [0.15, 0.2) is 0 Å². The van der Waals surface area contributed by atoms with E-state index in [0.29, 0.717) is 10.6 Å². The first-order chi connectivity index (χ1) is 15.5. The SMILES string of the molecule is O=C(/C=C/c1ccccc1)Oc1ccc(Cl)cc1C=NN1C(=O)[C@@H]2[C@H](C1=O)[C@H]1C=C[C@H]2C1. The number of hydrogen-bond donors (Lipinski definition) is 0. The van der Waals surface area contributed by atoms with Crippen LogP contribution in [0, 0.1) is 23.7 Å². The van der Waals surface area contributed by atoms with Crippen LogP contribution >= 0.6 is 11.6 Å². The zero-order valence-electron chi connectivity index (χ0n) is 16.9. The zero-order valence-corrected chi connectivity index (χ0v) is 17.7. The predicted molar refractivity (Wildman–Crippen MR) is 120 cm³/mol. The second-order valence-corrected chi connectivity index (χ2v) is 8.52. The van der Waals surface area contributed by atoms with Crippen LogP contribution in [0.3, 0.4) is 0 Å². The molecule has 2 aromatic rings. The number of benzene rings is 2. The summed E-state index contributed by atoms with van der Waals surface area (Å²) in [6, 6.07) is 14.1. The third-order valence-electron chi connectivity index (χ3n) is 6.15. The number of amides is 2. The molecule has 1 saturated carbocycles. The number of halogens is 1. The van der Waals surface area contributed by atoms with Crippen molar-refractivity contribution in [2.75, 3.05) is 0 Å². The molecular formula is C25H19ClN2O4. The molecule has 1 aliphatic heterocycles. The number of esters is 1. The van der Waals surface area contributed by atoms with Gasteiger partial charge in [0.05, 0.1) is 18.1 Å². The lowest BCUT2D eigenvalue weighted by molar-refractivity contribution is -0.140. The fourth-order valence-corrected chi connectivity index (χ4v) is 4.88. The standard InChI is InChI=1S/C25H19ClN2O4/c26-19-9-10-20(32-21(29)11-6-15-4-2-1-3-5-15)18(13-19)14-27-28-24(30)22-16-7-8-17(12-16)23(22)25(28)31/h1-11,13-14,16-17,22-23H,12H2/b11-6+,27-14?/t16-,17-,22-,23+/m0/s1. The van der Waals surface area contributed by atoms with Crippen molar-refractivity contribution in [3.8, 4) is 5.75 Å². The molecule has 6 nitrogen and oxygen atoms in total. The summed E-state index contributed by atoms with van der Waals surface area (Å²) < 4.78 is 5.44. The number of fused-ring (bicyclic) bond motifs is 5. The number of nitrogens with zero attached hydrogens (tertiary/aromatic N) is 2. The van der Waals surface area contributed by atoms with Crippen molar-refractivity contribution < 1.29 is 19.1 Å². The van der Waals surface area contributed by atoms with E-state index in [0.717, 1.165) is 17.0 Å². The maximum atomic E-state index is 12.8. The number of ether oxygens (including phenoxy) is 1. The second kappa shape index (κ2) is 8.20. The number of hydrogen-bond acceptors (Lipinski definition) is 5. The van der Waals surface area contributed by atoms with Crippen LogP contribution in [0.25, 0.3) is 6.08 Å². The van der Waals surface area contributed by atoms with Crippen LogP contribution in [0.4, 0.5) is 0 Å². The molecule has 0 aromatic heterocycles. The van der Waals surface area contributed by atoms with Crippen molar-refractivity contribution in [3.63, 3.8) is 0 Å². The molecule has 2 bridgehead atoms. The Labute approximate surface area is 189 Å². The molecule has 2 aromatic carbocycles. The van der Waals surface area contributed by atoms with Gasteiger partial charge in [-0.3, -0.25) is 9.59 Å². The van der Waals surface area contributed by atoms with Gasteiger partial charge in [-0.15, -0.1) is 0 Å². The quantitative estimate of drug-likeness (QED) is 0.173. The van der Waals surface area contributed by atoms with E-state index in [1.54, 1.807) is 24.3 Å². The lowest BCUT2D eigenvalue weighted by atomic mass is 9.85. The predicted octanol–water partition coefficient (Wildman–Crippen LogP) is 4.10. The van der Waals surface area contributed by atoms with Crippen molar-refractivity contribution in [1.82, 2.24) is 5.01 Å². The van der Waals surface area contributed by atoms with Gasteiger partial charge in [0.25, 0.3) is 11.8 Å². The first-order valence-corrected chi connectivity index (χ1v) is 10.7. The first kappa shape index (κ1) is 20.4. The lowest BCUT2D eigenvalue weighted by Gasteiger charge is -2.13. The van der Waals surface area contributed by atoms with Gasteiger partial charge in [-0.05, 0) is 48.1 Å². The number of carbonyl (C=O) groups is 3. The molecule has 160 valence electrons. The van der Waals surface area contributed by atoms with E-state index in [4.69, 9.17) is 16.3 Å². The average molecular weight is 447 g/mol. The molecule has 2 aliphatic carbocycles. The highest BCUT2D eigenvalue weighted by molar-refractivity contribution is 6.31. The van der Waals surface area contributed by atoms with Crippen molar-refractivity contribution in [3.05, 3.63) is 82.9 Å². The third-order valence-corrected chi connectivity index (χ3v) is 6.39. The van der Waals surface area contributed by atoms with Crippen LogP contribution in [0.2, 0.25) is 5.02 Å². The number of rotatable bonds is 5. The molecule has 3 aliphatic rings. The van der Waals surface area contributed by atoms with E-state index in [2.05, 4.69) is 5.10 Å². The Balaban J connectivity index is 1.33. The van der Waals surface area contributed by atoms with E-state index in [9.17, 15) is 14.4 Å². The molecule has 0 unspecified atom stereocenters. The van der Waals surface area contributed by atoms with Crippen molar-refractivity contribution in [1.29, 1.82) is 0 Å². The molecule has 0 radical (unpaired) electrons. The van der Waals surface area contributed by atoms with Crippen LogP contribution in [0.15, 0.2) is 71.9 Å². The van der Waals surface area contributed by atoms with E-state index in [1.807, 2.05) is 42.5 Å². The first-order valence-electron chi connectivity index (χ1n) is 10.4. The van der Waals surface area contributed by atoms with Crippen LogP contribution in [-0.4, -0.2) is 29.0 Å². The smallest absolute Gasteiger partial charge is 0.336 e. The van der Waals surface area contributed by atoms with Gasteiger partial charge in [0.2, 0.25) is 0 Å². The van der Waals surface area contributed by atoms with Crippen LogP contribution in [0.5, 0.6) is 5.75 Å². The topological polar surface area (TPSA) is 76.0 Å². The fraction of sp³-hybridized carbons (Fsp3) is 0.200. The van der Waals surface area contributed by atoms with E-state index in [1.165, 1.54) is 12.3 Å². The molecule has 5 rings (SSSR count). The molecule has 0 N–H and O–H groups in total. The molecule has 32 heavy (non-hydrogen) atoms. The lowest BCUT2D eigenvalue weighted by Crippen LogP contribution is -2.28. The van der Waals surface area contributed by atoms with Crippen LogP contribution in [-0.2, 0) is 14.4 Å². The van der Waals surface area contributed by atoms with Gasteiger partial charge in [0, 0.05) is 16.7 Å². The molecule has 7 heteroatoms. The van der Waals surface area contributed by atoms with Gasteiger partial charge >= 0.3 is 5.97 Å². The minimum absolute atomic E-state index is 0.112. The maximum Gasteiger partial charge on any atom is 0.336 e. The molecule has 2 amide bonds. The Kier molecular flexibility index (Phi) is 5.23. The number of allylic oxidation sites excluding steroid dienone is 2. The van der Waals surface area contributed by atoms with Crippen LogP contribution in [0.1, 0.15) is 17.5 Å². The summed E-state index contributed by atoms with van der Waals surface area (Å²) in [5.41, 5.74) is 1.25. The highest BCUT2D eigenvalue weighted by Crippen LogP contribution is 2.52. The summed E-state index contributed by atoms with van der Waals surface area (Å²) in [5.74, 6) is -1.33. The summed E-state index contributed by atoms with van der Waals surface area (Å²) in [4.78, 5) is 37.9. The molecular weight excluding hydrogens is 428 g/mol. The molecule has 2 fully saturated rings. The largest absolute Gasteiger partial charge is 0.423 e. The van der Waals surface area contributed by atoms with Gasteiger partial charge in [-0.2, -0.15) is 10.1 Å². The molecule has 1 saturated heterocycles. The van der Waals surface area contributed by atoms with Gasteiger partial charge in [-0.1, -0.05) is 54.1 Å². The maximum absolute atomic E-state index is 12.8. The van der Waals surface area contributed by atoms with Gasteiger partial charge < -0.3 is 4.74 Å². The van der Waals surface area contributed by atoms with Crippen LogP contribution < -0.4 is 4.74 Å². The summed E-state index contributed by atoms with van der Waals surface area (Å²) >= 11 is 6.10. The van der Waals surface area contributed by atoms with Crippen molar-refractivity contribution in [2.24, 2.45) is 28.8 Å². The fourth-order valence-electron chi connectivity index (χ4n) is 4.70. The highest BCUT2D eigenvalue weighted by atomic mass is 35.5. The Bertz CT molecular complexity index is 1160. The Morgan fingerprint density at radius 2 is 1.72 bits per heavy atom. The monoisotopic (exact) mass is 446 g/mol. The Morgan fingerprint density at radius 1 is 1.03 bits per heavy atom. The third kappa shape index (κ3) is 3.67. The summed E-state index contributed by atoms with van der Waals surface area (Å²) in [5, 5.41) is 5.51. The molecule has 1 heterocycles. The van der Waals surface area contributed by atoms with Crippen molar-refractivity contribution in [2.45, 2.75) is 6.42 Å². The molecule has 4 atom stereocenters. The summed E-state index contributed by atoms with van der Waals surface area (Å²) in [7, 11) is 0. The highest BCUT2D eigenvalue weighted by Gasteiger charge is 2.59. The van der Waals surface area contributed by atoms with E-state index in [-0.39, 0.29) is 41.2 Å². The molecule has 0 spiro atoms.